The molecule has 0 fully saturated rings. The molecule has 0 saturated carbocycles. The minimum Gasteiger partial charge on any atom is -0.493 e. The third-order valence-corrected chi connectivity index (χ3v) is 5.61. The van der Waals surface area contributed by atoms with Gasteiger partial charge in [-0.2, -0.15) is 0 Å². The molecule has 146 valence electrons. The van der Waals surface area contributed by atoms with E-state index in [9.17, 15) is 9.59 Å². The zero-order chi connectivity index (χ0) is 20.4. The number of benzene rings is 3. The van der Waals surface area contributed by atoms with Crippen molar-refractivity contribution in [2.45, 2.75) is 13.0 Å². The third kappa shape index (κ3) is 3.96. The molecule has 1 aliphatic carbocycles. The second-order valence-corrected chi connectivity index (χ2v) is 7.84. The molecule has 1 unspecified atom stereocenters. The Labute approximate surface area is 177 Å². The van der Waals surface area contributed by atoms with Crippen molar-refractivity contribution in [3.8, 4) is 11.5 Å². The summed E-state index contributed by atoms with van der Waals surface area (Å²) >= 11 is 3.36. The van der Waals surface area contributed by atoms with Gasteiger partial charge >= 0.3 is 0 Å². The highest BCUT2D eigenvalue weighted by Gasteiger charge is 2.37. The molecular weight excluding hydrogens is 432 g/mol. The first-order chi connectivity index (χ1) is 14.1. The summed E-state index contributed by atoms with van der Waals surface area (Å²) in [4.78, 5) is 25.9. The van der Waals surface area contributed by atoms with Gasteiger partial charge in [0.25, 0.3) is 0 Å². The van der Waals surface area contributed by atoms with E-state index >= 15 is 0 Å². The second kappa shape index (κ2) is 8.21. The van der Waals surface area contributed by atoms with Crippen LogP contribution in [0.5, 0.6) is 11.5 Å². The molecule has 4 nitrogen and oxygen atoms in total. The summed E-state index contributed by atoms with van der Waals surface area (Å²) in [5.41, 5.74) is 2.90. The van der Waals surface area contributed by atoms with Crippen molar-refractivity contribution in [3.05, 3.63) is 93.5 Å². The average Bonchev–Trinajstić information content (AvgIpc) is 3.07. The smallest absolute Gasteiger partial charge is 0.174 e. The number of carbonyl (C=O) groups is 2. The van der Waals surface area contributed by atoms with Crippen molar-refractivity contribution >= 4 is 27.5 Å². The maximum Gasteiger partial charge on any atom is 0.174 e. The minimum absolute atomic E-state index is 0.163. The number of ether oxygens (including phenoxy) is 2. The van der Waals surface area contributed by atoms with Gasteiger partial charge in [-0.05, 0) is 41.8 Å². The van der Waals surface area contributed by atoms with Gasteiger partial charge in [0, 0.05) is 15.6 Å². The Hall–Kier alpha value is -2.92. The lowest BCUT2D eigenvalue weighted by Gasteiger charge is -2.12. The standard InChI is InChI=1S/C24H19BrO4/c1-28-21-12-17-11-20(23(26)16-7-9-18(25)10-8-16)24(27)19(17)13-22(21)29-14-15-5-3-2-4-6-15/h2-10,12-13,20H,11,14H2,1H3. The quantitative estimate of drug-likeness (QED) is 0.378. The van der Waals surface area contributed by atoms with Crippen LogP contribution in [-0.4, -0.2) is 18.7 Å². The summed E-state index contributed by atoms with van der Waals surface area (Å²) in [6.07, 6.45) is 0.373. The van der Waals surface area contributed by atoms with Crippen molar-refractivity contribution in [3.63, 3.8) is 0 Å². The largest absolute Gasteiger partial charge is 0.493 e. The number of halogens is 1. The van der Waals surface area contributed by atoms with Crippen molar-refractivity contribution < 1.29 is 19.1 Å². The van der Waals surface area contributed by atoms with E-state index in [1.54, 1.807) is 37.4 Å². The van der Waals surface area contributed by atoms with E-state index < -0.39 is 5.92 Å². The number of methoxy groups -OCH3 is 1. The first-order valence-corrected chi connectivity index (χ1v) is 10.1. The van der Waals surface area contributed by atoms with E-state index in [0.717, 1.165) is 15.6 Å². The van der Waals surface area contributed by atoms with Crippen LogP contribution in [0, 0.1) is 5.92 Å². The van der Waals surface area contributed by atoms with Gasteiger partial charge in [-0.1, -0.05) is 58.4 Å². The molecule has 0 aliphatic heterocycles. The average molecular weight is 451 g/mol. The monoisotopic (exact) mass is 450 g/mol. The molecule has 0 amide bonds. The first kappa shape index (κ1) is 19.4. The maximum atomic E-state index is 13.0. The molecule has 3 aromatic carbocycles. The van der Waals surface area contributed by atoms with Gasteiger partial charge in [0.1, 0.15) is 6.61 Å². The van der Waals surface area contributed by atoms with Gasteiger partial charge in [-0.3, -0.25) is 9.59 Å². The van der Waals surface area contributed by atoms with E-state index in [0.29, 0.717) is 35.7 Å². The Balaban J connectivity index is 1.58. The van der Waals surface area contributed by atoms with Crippen LogP contribution in [0.1, 0.15) is 31.8 Å². The van der Waals surface area contributed by atoms with Gasteiger partial charge in [-0.15, -0.1) is 0 Å². The molecule has 0 saturated heterocycles. The Morgan fingerprint density at radius 3 is 2.45 bits per heavy atom. The highest BCUT2D eigenvalue weighted by molar-refractivity contribution is 9.10. The Kier molecular flexibility index (Phi) is 5.49. The third-order valence-electron chi connectivity index (χ3n) is 5.08. The van der Waals surface area contributed by atoms with Crippen molar-refractivity contribution in [2.24, 2.45) is 5.92 Å². The number of hydrogen-bond donors (Lipinski definition) is 0. The molecule has 0 bridgehead atoms. The molecule has 5 heteroatoms. The normalized spacial score (nSPS) is 15.1. The minimum atomic E-state index is -0.708. The molecule has 0 radical (unpaired) electrons. The molecule has 29 heavy (non-hydrogen) atoms. The summed E-state index contributed by atoms with van der Waals surface area (Å²) in [6, 6.07) is 20.4. The summed E-state index contributed by atoms with van der Waals surface area (Å²) in [5.74, 6) is 0.0224. The second-order valence-electron chi connectivity index (χ2n) is 6.93. The van der Waals surface area contributed by atoms with Gasteiger partial charge in [0.15, 0.2) is 23.1 Å². The summed E-state index contributed by atoms with van der Waals surface area (Å²) in [7, 11) is 1.57. The summed E-state index contributed by atoms with van der Waals surface area (Å²) in [5, 5.41) is 0. The Morgan fingerprint density at radius 2 is 1.76 bits per heavy atom. The molecule has 4 rings (SSSR count). The maximum absolute atomic E-state index is 13.0. The van der Waals surface area contributed by atoms with Gasteiger partial charge in [-0.25, -0.2) is 0 Å². The zero-order valence-electron chi connectivity index (χ0n) is 15.9. The number of fused-ring (bicyclic) bond motifs is 1. The van der Waals surface area contributed by atoms with Gasteiger partial charge in [0.05, 0.1) is 13.0 Å². The number of rotatable bonds is 6. The number of carbonyl (C=O) groups excluding carboxylic acids is 2. The number of hydrogen-bond acceptors (Lipinski definition) is 4. The summed E-state index contributed by atoms with van der Waals surface area (Å²) < 4.78 is 12.3. The zero-order valence-corrected chi connectivity index (χ0v) is 17.4. The summed E-state index contributed by atoms with van der Waals surface area (Å²) in [6.45, 7) is 0.366. The lowest BCUT2D eigenvalue weighted by molar-refractivity contribution is 0.0822. The van der Waals surface area contributed by atoms with Crippen LogP contribution in [0.3, 0.4) is 0 Å². The van der Waals surface area contributed by atoms with E-state index in [2.05, 4.69) is 15.9 Å². The van der Waals surface area contributed by atoms with E-state index in [1.165, 1.54) is 0 Å². The highest BCUT2D eigenvalue weighted by Crippen LogP contribution is 2.38. The van der Waals surface area contributed by atoms with E-state index in [1.807, 2.05) is 36.4 Å². The van der Waals surface area contributed by atoms with Crippen LogP contribution in [0.15, 0.2) is 71.2 Å². The van der Waals surface area contributed by atoms with Crippen LogP contribution >= 0.6 is 15.9 Å². The highest BCUT2D eigenvalue weighted by atomic mass is 79.9. The molecule has 0 spiro atoms. The fourth-order valence-corrected chi connectivity index (χ4v) is 3.80. The molecule has 1 aliphatic rings. The predicted molar refractivity (Wildman–Crippen MR) is 114 cm³/mol. The topological polar surface area (TPSA) is 52.6 Å². The van der Waals surface area contributed by atoms with Gasteiger partial charge < -0.3 is 9.47 Å². The lowest BCUT2D eigenvalue weighted by atomic mass is 9.94. The lowest BCUT2D eigenvalue weighted by Crippen LogP contribution is -2.20. The van der Waals surface area contributed by atoms with Crippen molar-refractivity contribution in [1.82, 2.24) is 0 Å². The molecule has 3 aromatic rings. The number of Topliss-reactive ketones (excluding diaryl/α,β-unsaturated/α-hetero) is 2. The van der Waals surface area contributed by atoms with Crippen molar-refractivity contribution in [1.29, 1.82) is 0 Å². The molecule has 0 heterocycles. The van der Waals surface area contributed by atoms with Crippen LogP contribution in [-0.2, 0) is 13.0 Å². The molecule has 1 atom stereocenters. The first-order valence-electron chi connectivity index (χ1n) is 9.28. The fourth-order valence-electron chi connectivity index (χ4n) is 3.54. The Bertz CT molecular complexity index is 1060. The van der Waals surface area contributed by atoms with E-state index in [4.69, 9.17) is 9.47 Å². The van der Waals surface area contributed by atoms with Crippen LogP contribution < -0.4 is 9.47 Å². The predicted octanol–water partition coefficient (Wildman–Crippen LogP) is 5.27. The van der Waals surface area contributed by atoms with E-state index in [-0.39, 0.29) is 11.6 Å². The van der Waals surface area contributed by atoms with Crippen LogP contribution in [0.4, 0.5) is 0 Å². The number of ketones is 2. The van der Waals surface area contributed by atoms with Crippen molar-refractivity contribution in [2.75, 3.05) is 7.11 Å². The van der Waals surface area contributed by atoms with Crippen LogP contribution in [0.25, 0.3) is 0 Å². The SMILES string of the molecule is COc1cc2c(cc1OCc1ccccc1)C(=O)C(C(=O)c1ccc(Br)cc1)C2. The fraction of sp³-hybridized carbons (Fsp3) is 0.167. The van der Waals surface area contributed by atoms with Gasteiger partial charge in [0.2, 0.25) is 0 Å². The van der Waals surface area contributed by atoms with Crippen LogP contribution in [0.2, 0.25) is 0 Å². The Morgan fingerprint density at radius 1 is 1.03 bits per heavy atom. The molecular formula is C24H19BrO4. The molecule has 0 aromatic heterocycles. The molecule has 0 N–H and O–H groups in total.